The number of anilines is 2. The minimum atomic E-state index is -1.51. The topological polar surface area (TPSA) is 240 Å². The van der Waals surface area contributed by atoms with Gasteiger partial charge in [-0.05, 0) is 6.07 Å². The Hall–Kier alpha value is -3.86. The van der Waals surface area contributed by atoms with Crippen LogP contribution in [0.2, 0.25) is 0 Å². The largest absolute Gasteiger partial charge is 0.433 e. The van der Waals surface area contributed by atoms with Crippen LogP contribution in [0.15, 0.2) is 26.4 Å². The Bertz CT molecular complexity index is 1220. The van der Waals surface area contributed by atoms with Crippen LogP contribution in [0.3, 0.4) is 0 Å². The number of hydrazone groups is 1. The molecule has 16 nitrogen and oxygen atoms in total. The molecule has 7 N–H and O–H groups in total. The van der Waals surface area contributed by atoms with Gasteiger partial charge in [0.2, 0.25) is 11.9 Å². The Morgan fingerprint density at radius 2 is 2.16 bits per heavy atom. The number of nitrogen functional groups attached to an aromatic ring is 1. The number of imidazole rings is 1. The summed E-state index contributed by atoms with van der Waals surface area (Å²) >= 11 is 0. The normalized spacial score (nSPS) is 23.7. The molecular weight excluding hydrogens is 420 g/mol. The predicted molar refractivity (Wildman–Crippen MR) is 102 cm³/mol. The molecule has 0 bridgehead atoms. The highest BCUT2D eigenvalue weighted by atomic mass is 16.6. The first-order valence-corrected chi connectivity index (χ1v) is 8.73. The zero-order valence-corrected chi connectivity index (χ0v) is 15.4. The first-order valence-electron chi connectivity index (χ1n) is 8.73. The number of aliphatic hydroxyl groups excluding tert-OH is 3. The Morgan fingerprint density at radius 3 is 2.81 bits per heavy atom. The number of ether oxygens (including phenoxy) is 1. The van der Waals surface area contributed by atoms with Crippen LogP contribution in [0.5, 0.6) is 0 Å². The number of aromatic nitrogens is 4. The molecule has 164 valence electrons. The zero-order valence-electron chi connectivity index (χ0n) is 15.4. The van der Waals surface area contributed by atoms with E-state index >= 15 is 0 Å². The summed E-state index contributed by atoms with van der Waals surface area (Å²) in [7, 11) is 0. The number of rotatable bonds is 6. The van der Waals surface area contributed by atoms with Crippen molar-refractivity contribution in [3.05, 3.63) is 38.4 Å². The van der Waals surface area contributed by atoms with Gasteiger partial charge in [0.05, 0.1) is 18.9 Å². The van der Waals surface area contributed by atoms with E-state index in [4.69, 9.17) is 14.9 Å². The number of nitro groups is 1. The van der Waals surface area contributed by atoms with Crippen molar-refractivity contribution in [2.75, 3.05) is 17.8 Å². The highest BCUT2D eigenvalue weighted by Crippen LogP contribution is 2.33. The summed E-state index contributed by atoms with van der Waals surface area (Å²) in [4.78, 5) is 32.5. The molecule has 16 heteroatoms. The van der Waals surface area contributed by atoms with E-state index in [1.54, 1.807) is 0 Å². The molecule has 3 aromatic rings. The van der Waals surface area contributed by atoms with Crippen LogP contribution in [0, 0.1) is 10.1 Å². The smallest absolute Gasteiger partial charge is 0.400 e. The van der Waals surface area contributed by atoms with Crippen LogP contribution in [0.25, 0.3) is 11.2 Å². The van der Waals surface area contributed by atoms with Gasteiger partial charge in [0, 0.05) is 0 Å². The van der Waals surface area contributed by atoms with Crippen molar-refractivity contribution in [3.63, 3.8) is 0 Å². The van der Waals surface area contributed by atoms with E-state index in [-0.39, 0.29) is 28.8 Å². The molecule has 0 amide bonds. The molecule has 4 atom stereocenters. The molecule has 1 aliphatic rings. The van der Waals surface area contributed by atoms with Gasteiger partial charge in [0.1, 0.15) is 23.2 Å². The summed E-state index contributed by atoms with van der Waals surface area (Å²) in [5, 5.41) is 44.3. The quantitative estimate of drug-likeness (QED) is 0.143. The minimum absolute atomic E-state index is 0.0509. The zero-order chi connectivity index (χ0) is 22.3. The highest BCUT2D eigenvalue weighted by molar-refractivity contribution is 5.78. The predicted octanol–water partition coefficient (Wildman–Crippen LogP) is -1.74. The lowest BCUT2D eigenvalue weighted by Crippen LogP contribution is -2.33. The number of aromatic amines is 1. The van der Waals surface area contributed by atoms with Crippen molar-refractivity contribution in [3.8, 4) is 0 Å². The van der Waals surface area contributed by atoms with Crippen molar-refractivity contribution in [2.45, 2.75) is 24.5 Å². The molecule has 3 aromatic heterocycles. The molecule has 0 radical (unpaired) electrons. The Kier molecular flexibility index (Phi) is 5.11. The summed E-state index contributed by atoms with van der Waals surface area (Å²) < 4.78 is 11.6. The van der Waals surface area contributed by atoms with Crippen LogP contribution in [0.1, 0.15) is 12.0 Å². The number of nitrogens with two attached hydrogens (primary N) is 1. The molecule has 0 aromatic carbocycles. The number of nitrogens with one attached hydrogen (secondary N) is 2. The molecule has 0 saturated carbocycles. The van der Waals surface area contributed by atoms with Crippen LogP contribution in [-0.4, -0.2) is 70.9 Å². The van der Waals surface area contributed by atoms with E-state index in [9.17, 15) is 30.2 Å². The lowest BCUT2D eigenvalue weighted by atomic mass is 10.1. The molecule has 31 heavy (non-hydrogen) atoms. The molecule has 1 aliphatic heterocycles. The Morgan fingerprint density at radius 1 is 1.39 bits per heavy atom. The molecule has 0 spiro atoms. The van der Waals surface area contributed by atoms with Gasteiger partial charge in [-0.3, -0.25) is 24.5 Å². The summed E-state index contributed by atoms with van der Waals surface area (Å²) in [5.74, 6) is -0.796. The van der Waals surface area contributed by atoms with Crippen molar-refractivity contribution in [2.24, 2.45) is 5.10 Å². The highest BCUT2D eigenvalue weighted by Gasteiger charge is 2.45. The van der Waals surface area contributed by atoms with Crippen LogP contribution < -0.4 is 16.7 Å². The molecule has 1 fully saturated rings. The fourth-order valence-electron chi connectivity index (χ4n) is 3.08. The molecular formula is C15H16N8O8. The molecule has 1 saturated heterocycles. The van der Waals surface area contributed by atoms with Crippen molar-refractivity contribution < 1.29 is 29.4 Å². The van der Waals surface area contributed by atoms with Gasteiger partial charge < -0.3 is 30.2 Å². The summed E-state index contributed by atoms with van der Waals surface area (Å²) in [5.41, 5.74) is 7.18. The van der Waals surface area contributed by atoms with Gasteiger partial charge in [-0.2, -0.15) is 10.1 Å². The monoisotopic (exact) mass is 436 g/mol. The number of hydrogen-bond donors (Lipinski definition) is 6. The van der Waals surface area contributed by atoms with Crippen LogP contribution >= 0.6 is 0 Å². The lowest BCUT2D eigenvalue weighted by Gasteiger charge is -2.18. The maximum atomic E-state index is 12.2. The number of aliphatic hydroxyl groups is 3. The van der Waals surface area contributed by atoms with Gasteiger partial charge in [0.15, 0.2) is 23.2 Å². The third-order valence-electron chi connectivity index (χ3n) is 4.49. The second kappa shape index (κ2) is 7.76. The average Bonchev–Trinajstić information content (AvgIpc) is 3.40. The fourth-order valence-corrected chi connectivity index (χ4v) is 3.08. The second-order valence-electron chi connectivity index (χ2n) is 6.46. The van der Waals surface area contributed by atoms with Crippen LogP contribution in [0.4, 0.5) is 17.8 Å². The fraction of sp³-hybridized carbons (Fsp3) is 0.333. The van der Waals surface area contributed by atoms with E-state index in [0.717, 1.165) is 16.8 Å². The summed E-state index contributed by atoms with van der Waals surface area (Å²) in [6.45, 7) is -0.574. The van der Waals surface area contributed by atoms with Gasteiger partial charge in [-0.25, -0.2) is 10.4 Å². The van der Waals surface area contributed by atoms with E-state index in [0.29, 0.717) is 0 Å². The Balaban J connectivity index is 1.73. The minimum Gasteiger partial charge on any atom is -0.400 e. The molecule has 4 rings (SSSR count). The van der Waals surface area contributed by atoms with Crippen molar-refractivity contribution in [1.29, 1.82) is 0 Å². The van der Waals surface area contributed by atoms with E-state index in [1.807, 2.05) is 0 Å². The maximum Gasteiger partial charge on any atom is 0.433 e. The number of fused-ring (bicyclic) bond motifs is 1. The third-order valence-corrected chi connectivity index (χ3v) is 4.49. The number of furan rings is 1. The third kappa shape index (κ3) is 3.59. The molecule has 0 unspecified atom stereocenters. The molecule has 4 heterocycles. The average molecular weight is 436 g/mol. The van der Waals surface area contributed by atoms with Gasteiger partial charge in [-0.1, -0.05) is 0 Å². The standard InChI is InChI=1S/C15H16N8O8/c16-14-19-11-8(12(27)20-14)18-15(21-17-3-5-1-2-7(30-5)23(28)29)22(11)13-10(26)9(25)6(4-24)31-13/h1-3,6,9-10,13,24-26H,4H2,(H,18,21)(H3,16,19,20,27)/b17-3-/t6-,9+,10+,13+/m0/s1. The number of hydrogen-bond acceptors (Lipinski definition) is 13. The second-order valence-corrected chi connectivity index (χ2v) is 6.46. The number of nitrogens with zero attached hydrogens (tertiary/aromatic N) is 5. The van der Waals surface area contributed by atoms with E-state index in [1.165, 1.54) is 6.07 Å². The van der Waals surface area contributed by atoms with E-state index < -0.39 is 47.5 Å². The molecule has 0 aliphatic carbocycles. The van der Waals surface area contributed by atoms with Crippen LogP contribution in [-0.2, 0) is 4.74 Å². The SMILES string of the molecule is Nc1nc2c(nc(N/N=C\c3ccc([N+](=O)[O-])o3)n2[C@@H]2O[C@@H](CO)[C@@H](O)[C@H]2O)c(=O)[nH]1. The first kappa shape index (κ1) is 20.4. The Labute approximate surface area is 170 Å². The number of H-pyrrole nitrogens is 1. The van der Waals surface area contributed by atoms with Gasteiger partial charge in [0.25, 0.3) is 5.56 Å². The summed E-state index contributed by atoms with van der Waals surface area (Å²) in [6, 6.07) is 2.45. The first-order chi connectivity index (χ1) is 14.8. The van der Waals surface area contributed by atoms with Gasteiger partial charge >= 0.3 is 5.88 Å². The van der Waals surface area contributed by atoms with Gasteiger partial charge in [-0.15, -0.1) is 0 Å². The summed E-state index contributed by atoms with van der Waals surface area (Å²) in [6.07, 6.45) is -4.22. The maximum absolute atomic E-state index is 12.2. The van der Waals surface area contributed by atoms with Crippen molar-refractivity contribution >= 4 is 35.2 Å². The van der Waals surface area contributed by atoms with E-state index in [2.05, 4.69) is 25.5 Å². The lowest BCUT2D eigenvalue weighted by molar-refractivity contribution is -0.402. The van der Waals surface area contributed by atoms with Crippen molar-refractivity contribution in [1.82, 2.24) is 19.5 Å².